The van der Waals surface area contributed by atoms with Gasteiger partial charge in [-0.05, 0) is 48.9 Å². The zero-order valence-corrected chi connectivity index (χ0v) is 13.1. The van der Waals surface area contributed by atoms with Gasteiger partial charge >= 0.3 is 0 Å². The number of thioether (sulfide) groups is 1. The summed E-state index contributed by atoms with van der Waals surface area (Å²) < 4.78 is 11.2. The summed E-state index contributed by atoms with van der Waals surface area (Å²) >= 11 is 1.74. The molecule has 0 saturated heterocycles. The summed E-state index contributed by atoms with van der Waals surface area (Å²) in [7, 11) is 0. The molecule has 0 spiro atoms. The maximum Gasteiger partial charge on any atom is 0.119 e. The van der Waals surface area contributed by atoms with E-state index in [1.165, 1.54) is 4.90 Å². The lowest BCUT2D eigenvalue weighted by Crippen LogP contribution is -2.00. The molecule has 0 aliphatic carbocycles. The van der Waals surface area contributed by atoms with Crippen LogP contribution in [0, 0.1) is 0 Å². The molecule has 0 aliphatic heterocycles. The Morgan fingerprint density at radius 3 is 2.24 bits per heavy atom. The molecule has 0 aromatic heterocycles. The Bertz CT molecular complexity index is 543. The van der Waals surface area contributed by atoms with Gasteiger partial charge < -0.3 is 15.2 Å². The molecule has 0 aliphatic rings. The van der Waals surface area contributed by atoms with Gasteiger partial charge in [-0.2, -0.15) is 0 Å². The smallest absolute Gasteiger partial charge is 0.119 e. The number of hydrogen-bond acceptors (Lipinski definition) is 4. The number of nitrogen functional groups attached to an aromatic ring is 1. The van der Waals surface area contributed by atoms with E-state index in [0.717, 1.165) is 36.0 Å². The monoisotopic (exact) mass is 303 g/mol. The minimum Gasteiger partial charge on any atom is -0.494 e. The van der Waals surface area contributed by atoms with Crippen LogP contribution < -0.4 is 15.2 Å². The second-order valence-corrected chi connectivity index (χ2v) is 5.76. The molecule has 0 fully saturated rings. The first-order chi connectivity index (χ1) is 10.3. The summed E-state index contributed by atoms with van der Waals surface area (Å²) in [4.78, 5) is 1.17. The Kier molecular flexibility index (Phi) is 6.28. The average molecular weight is 303 g/mol. The molecule has 3 nitrogen and oxygen atoms in total. The van der Waals surface area contributed by atoms with Crippen LogP contribution in [0.5, 0.6) is 11.5 Å². The molecule has 0 amide bonds. The van der Waals surface area contributed by atoms with E-state index in [1.807, 2.05) is 42.5 Å². The highest BCUT2D eigenvalue weighted by atomic mass is 32.2. The van der Waals surface area contributed by atoms with Crippen molar-refractivity contribution in [2.45, 2.75) is 18.2 Å². The number of nitrogens with two attached hydrogens (primary N) is 1. The van der Waals surface area contributed by atoms with E-state index in [9.17, 15) is 0 Å². The maximum absolute atomic E-state index is 5.75. The van der Waals surface area contributed by atoms with Gasteiger partial charge in [0.25, 0.3) is 0 Å². The number of benzene rings is 2. The van der Waals surface area contributed by atoms with E-state index in [0.29, 0.717) is 6.61 Å². The van der Waals surface area contributed by atoms with Crippen molar-refractivity contribution in [2.24, 2.45) is 0 Å². The molecule has 2 rings (SSSR count). The summed E-state index contributed by atoms with van der Waals surface area (Å²) in [5.74, 6) is 2.64. The van der Waals surface area contributed by atoms with Crippen LogP contribution >= 0.6 is 11.8 Å². The lowest BCUT2D eigenvalue weighted by atomic mass is 10.3. The van der Waals surface area contributed by atoms with Crippen molar-refractivity contribution in [1.29, 1.82) is 0 Å². The molecular formula is C17H21NO2S. The lowest BCUT2D eigenvalue weighted by Gasteiger charge is -2.08. The van der Waals surface area contributed by atoms with Crippen molar-refractivity contribution in [3.63, 3.8) is 0 Å². The molecule has 2 aromatic rings. The average Bonchev–Trinajstić information content (AvgIpc) is 2.51. The van der Waals surface area contributed by atoms with Crippen LogP contribution in [0.2, 0.25) is 0 Å². The fourth-order valence-electron chi connectivity index (χ4n) is 1.78. The zero-order valence-electron chi connectivity index (χ0n) is 12.2. The van der Waals surface area contributed by atoms with E-state index >= 15 is 0 Å². The van der Waals surface area contributed by atoms with Crippen LogP contribution in [0.3, 0.4) is 0 Å². The van der Waals surface area contributed by atoms with Crippen molar-refractivity contribution in [1.82, 2.24) is 0 Å². The highest BCUT2D eigenvalue weighted by Gasteiger charge is 1.98. The third kappa shape index (κ3) is 5.60. The largest absolute Gasteiger partial charge is 0.494 e. The highest BCUT2D eigenvalue weighted by molar-refractivity contribution is 7.99. The first-order valence-electron chi connectivity index (χ1n) is 7.12. The molecule has 2 N–H and O–H groups in total. The van der Waals surface area contributed by atoms with Crippen molar-refractivity contribution in [3.05, 3.63) is 48.5 Å². The molecule has 21 heavy (non-hydrogen) atoms. The summed E-state index contributed by atoms with van der Waals surface area (Å²) in [5, 5.41) is 0. The standard InChI is InChI=1S/C17H21NO2S/c1-2-10-19-15-6-8-16(9-7-15)20-11-12-21-17-5-3-4-14(18)13-17/h3-9,13H,2,10-12,18H2,1H3. The predicted octanol–water partition coefficient (Wildman–Crippen LogP) is 4.23. The maximum atomic E-state index is 5.75. The Hall–Kier alpha value is -1.81. The van der Waals surface area contributed by atoms with Crippen LogP contribution in [0.1, 0.15) is 13.3 Å². The Labute approximate surface area is 130 Å². The van der Waals surface area contributed by atoms with E-state index in [-0.39, 0.29) is 0 Å². The Balaban J connectivity index is 1.71. The van der Waals surface area contributed by atoms with E-state index in [2.05, 4.69) is 13.0 Å². The van der Waals surface area contributed by atoms with Crippen LogP contribution in [-0.4, -0.2) is 19.0 Å². The summed E-state index contributed by atoms with van der Waals surface area (Å²) in [5.41, 5.74) is 6.54. The SMILES string of the molecule is CCCOc1ccc(OCCSc2cccc(N)c2)cc1. The van der Waals surface area contributed by atoms with Gasteiger partial charge in [-0.3, -0.25) is 0 Å². The van der Waals surface area contributed by atoms with E-state index in [4.69, 9.17) is 15.2 Å². The molecule has 0 atom stereocenters. The normalized spacial score (nSPS) is 10.3. The number of anilines is 1. The molecule has 112 valence electrons. The first-order valence-corrected chi connectivity index (χ1v) is 8.10. The van der Waals surface area contributed by atoms with Crippen LogP contribution in [0.25, 0.3) is 0 Å². The van der Waals surface area contributed by atoms with Crippen molar-refractivity contribution < 1.29 is 9.47 Å². The summed E-state index contributed by atoms with van der Waals surface area (Å²) in [6.45, 7) is 3.50. The molecule has 0 unspecified atom stereocenters. The molecule has 0 bridgehead atoms. The number of rotatable bonds is 8. The zero-order chi connectivity index (χ0) is 14.9. The minimum absolute atomic E-state index is 0.661. The molecule has 0 heterocycles. The quantitative estimate of drug-likeness (QED) is 0.450. The third-order valence-corrected chi connectivity index (χ3v) is 3.73. The Morgan fingerprint density at radius 1 is 0.952 bits per heavy atom. The van der Waals surface area contributed by atoms with Crippen molar-refractivity contribution in [2.75, 3.05) is 24.7 Å². The van der Waals surface area contributed by atoms with Gasteiger partial charge in [0.2, 0.25) is 0 Å². The predicted molar refractivity (Wildman–Crippen MR) is 89.3 cm³/mol. The fourth-order valence-corrected chi connectivity index (χ4v) is 2.57. The van der Waals surface area contributed by atoms with Gasteiger partial charge in [-0.1, -0.05) is 13.0 Å². The molecule has 4 heteroatoms. The van der Waals surface area contributed by atoms with Gasteiger partial charge in [0, 0.05) is 16.3 Å². The van der Waals surface area contributed by atoms with E-state index in [1.54, 1.807) is 11.8 Å². The summed E-state index contributed by atoms with van der Waals surface area (Å²) in [6.07, 6.45) is 1.01. The van der Waals surface area contributed by atoms with Crippen LogP contribution in [0.15, 0.2) is 53.4 Å². The fraction of sp³-hybridized carbons (Fsp3) is 0.294. The third-order valence-electron chi connectivity index (χ3n) is 2.78. The van der Waals surface area contributed by atoms with Crippen molar-refractivity contribution >= 4 is 17.4 Å². The highest BCUT2D eigenvalue weighted by Crippen LogP contribution is 2.21. The number of hydrogen-bond donors (Lipinski definition) is 1. The Morgan fingerprint density at radius 2 is 1.62 bits per heavy atom. The lowest BCUT2D eigenvalue weighted by molar-refractivity contribution is 0.314. The second kappa shape index (κ2) is 8.47. The van der Waals surface area contributed by atoms with Gasteiger partial charge in [-0.15, -0.1) is 11.8 Å². The van der Waals surface area contributed by atoms with Crippen LogP contribution in [-0.2, 0) is 0 Å². The first kappa shape index (κ1) is 15.6. The molecule has 0 radical (unpaired) electrons. The van der Waals surface area contributed by atoms with Crippen molar-refractivity contribution in [3.8, 4) is 11.5 Å². The second-order valence-electron chi connectivity index (χ2n) is 4.59. The molecule has 2 aromatic carbocycles. The molecular weight excluding hydrogens is 282 g/mol. The van der Waals surface area contributed by atoms with Gasteiger partial charge in [-0.25, -0.2) is 0 Å². The van der Waals surface area contributed by atoms with Gasteiger partial charge in [0.05, 0.1) is 13.2 Å². The minimum atomic E-state index is 0.661. The molecule has 0 saturated carbocycles. The van der Waals surface area contributed by atoms with Gasteiger partial charge in [0.15, 0.2) is 0 Å². The van der Waals surface area contributed by atoms with E-state index < -0.39 is 0 Å². The number of ether oxygens (including phenoxy) is 2. The topological polar surface area (TPSA) is 44.5 Å². The van der Waals surface area contributed by atoms with Gasteiger partial charge in [0.1, 0.15) is 11.5 Å². The summed E-state index contributed by atoms with van der Waals surface area (Å²) in [6, 6.07) is 15.7. The van der Waals surface area contributed by atoms with Crippen LogP contribution in [0.4, 0.5) is 5.69 Å².